The van der Waals surface area contributed by atoms with Gasteiger partial charge in [0.05, 0.1) is 0 Å². The van der Waals surface area contributed by atoms with Crippen molar-refractivity contribution in [2.45, 2.75) is 53.1 Å². The van der Waals surface area contributed by atoms with Crippen LogP contribution >= 0.6 is 0 Å². The Hall–Kier alpha value is -1.51. The van der Waals surface area contributed by atoms with E-state index in [4.69, 9.17) is 0 Å². The van der Waals surface area contributed by atoms with E-state index in [2.05, 4.69) is 23.6 Å². The molecule has 0 fully saturated rings. The number of carbonyl (C=O) groups is 1. The number of aryl methyl sites for hydroxylation is 2. The number of hydrogen-bond donors (Lipinski definition) is 2. The molecule has 100 valence electrons. The van der Waals surface area contributed by atoms with Crippen LogP contribution in [0.15, 0.2) is 18.2 Å². The fourth-order valence-electron chi connectivity index (χ4n) is 1.75. The lowest BCUT2D eigenvalue weighted by molar-refractivity contribution is -0.122. The molecule has 0 spiro atoms. The Labute approximate surface area is 110 Å². The number of rotatable bonds is 3. The van der Waals surface area contributed by atoms with Crippen molar-refractivity contribution in [2.75, 3.05) is 5.32 Å². The molecule has 1 unspecified atom stereocenters. The number of amides is 1. The van der Waals surface area contributed by atoms with Gasteiger partial charge < -0.3 is 10.6 Å². The zero-order valence-corrected chi connectivity index (χ0v) is 12.2. The van der Waals surface area contributed by atoms with Crippen molar-refractivity contribution in [3.63, 3.8) is 0 Å². The van der Waals surface area contributed by atoms with Gasteiger partial charge in [0, 0.05) is 11.2 Å². The van der Waals surface area contributed by atoms with Gasteiger partial charge in [0.25, 0.3) is 0 Å². The second kappa shape index (κ2) is 5.42. The summed E-state index contributed by atoms with van der Waals surface area (Å²) in [4.78, 5) is 12.0. The topological polar surface area (TPSA) is 41.1 Å². The molecule has 0 aliphatic carbocycles. The van der Waals surface area contributed by atoms with Crippen LogP contribution in [0, 0.1) is 13.8 Å². The third kappa shape index (κ3) is 4.40. The van der Waals surface area contributed by atoms with Crippen LogP contribution in [0.25, 0.3) is 0 Å². The summed E-state index contributed by atoms with van der Waals surface area (Å²) in [5.74, 6) is 0.0162. The van der Waals surface area contributed by atoms with Crippen molar-refractivity contribution in [2.24, 2.45) is 0 Å². The van der Waals surface area contributed by atoms with Gasteiger partial charge >= 0.3 is 0 Å². The van der Waals surface area contributed by atoms with Crippen LogP contribution in [0.3, 0.4) is 0 Å². The first-order valence-corrected chi connectivity index (χ1v) is 6.35. The van der Waals surface area contributed by atoms with E-state index in [1.807, 2.05) is 46.8 Å². The maximum atomic E-state index is 12.0. The minimum atomic E-state index is -0.245. The number of hydrogen-bond acceptors (Lipinski definition) is 2. The average molecular weight is 248 g/mol. The lowest BCUT2D eigenvalue weighted by atomic mass is 10.1. The number of nitrogens with one attached hydrogen (secondary N) is 2. The Kier molecular flexibility index (Phi) is 4.38. The summed E-state index contributed by atoms with van der Waals surface area (Å²) in [7, 11) is 0. The zero-order chi connectivity index (χ0) is 13.9. The molecule has 0 radical (unpaired) electrons. The van der Waals surface area contributed by atoms with Crippen LogP contribution < -0.4 is 10.6 Å². The lowest BCUT2D eigenvalue weighted by Crippen LogP contribution is -2.47. The number of carbonyl (C=O) groups excluding carboxylic acids is 1. The predicted octanol–water partition coefficient (Wildman–Crippen LogP) is 3.02. The second-order valence-corrected chi connectivity index (χ2v) is 5.92. The molecule has 3 heteroatoms. The highest BCUT2D eigenvalue weighted by molar-refractivity contribution is 5.85. The largest absolute Gasteiger partial charge is 0.374 e. The summed E-state index contributed by atoms with van der Waals surface area (Å²) in [6, 6.07) is 5.93. The molecule has 0 heterocycles. The first-order chi connectivity index (χ1) is 8.19. The van der Waals surface area contributed by atoms with Gasteiger partial charge in [0.15, 0.2) is 0 Å². The molecule has 3 nitrogen and oxygen atoms in total. The van der Waals surface area contributed by atoms with E-state index in [-0.39, 0.29) is 17.5 Å². The SMILES string of the molecule is Cc1ccc(NC(C)C(=O)NC(C)(C)C)c(C)c1. The Morgan fingerprint density at radius 2 is 1.83 bits per heavy atom. The quantitative estimate of drug-likeness (QED) is 0.863. The maximum absolute atomic E-state index is 12.0. The van der Waals surface area contributed by atoms with Crippen LogP contribution in [-0.4, -0.2) is 17.5 Å². The third-order valence-corrected chi connectivity index (χ3v) is 2.65. The smallest absolute Gasteiger partial charge is 0.242 e. The molecule has 18 heavy (non-hydrogen) atoms. The van der Waals surface area contributed by atoms with Gasteiger partial charge in [0.2, 0.25) is 5.91 Å². The highest BCUT2D eigenvalue weighted by Crippen LogP contribution is 2.17. The van der Waals surface area contributed by atoms with E-state index >= 15 is 0 Å². The highest BCUT2D eigenvalue weighted by atomic mass is 16.2. The Balaban J connectivity index is 2.69. The molecular weight excluding hydrogens is 224 g/mol. The summed E-state index contributed by atoms with van der Waals surface area (Å²) in [5, 5.41) is 6.22. The van der Waals surface area contributed by atoms with E-state index in [0.717, 1.165) is 11.3 Å². The van der Waals surface area contributed by atoms with Crippen molar-refractivity contribution in [3.8, 4) is 0 Å². The molecular formula is C15H24N2O. The van der Waals surface area contributed by atoms with E-state index in [0.29, 0.717) is 0 Å². The van der Waals surface area contributed by atoms with Crippen LogP contribution in [0.2, 0.25) is 0 Å². The summed E-state index contributed by atoms with van der Waals surface area (Å²) in [5.41, 5.74) is 3.20. The maximum Gasteiger partial charge on any atom is 0.242 e. The van der Waals surface area contributed by atoms with Crippen molar-refractivity contribution in [1.82, 2.24) is 5.32 Å². The Morgan fingerprint density at radius 1 is 1.22 bits per heavy atom. The number of benzene rings is 1. The summed E-state index contributed by atoms with van der Waals surface area (Å²) < 4.78 is 0. The van der Waals surface area contributed by atoms with Crippen LogP contribution in [0.1, 0.15) is 38.8 Å². The monoisotopic (exact) mass is 248 g/mol. The lowest BCUT2D eigenvalue weighted by Gasteiger charge is -2.24. The molecule has 2 N–H and O–H groups in total. The predicted molar refractivity (Wildman–Crippen MR) is 76.9 cm³/mol. The normalized spacial score (nSPS) is 13.0. The molecule has 0 saturated heterocycles. The molecule has 0 aliphatic heterocycles. The second-order valence-electron chi connectivity index (χ2n) is 5.92. The Morgan fingerprint density at radius 3 is 2.33 bits per heavy atom. The van der Waals surface area contributed by atoms with Crippen LogP contribution in [0.4, 0.5) is 5.69 Å². The highest BCUT2D eigenvalue weighted by Gasteiger charge is 2.19. The van der Waals surface area contributed by atoms with Crippen molar-refractivity contribution in [3.05, 3.63) is 29.3 Å². The van der Waals surface area contributed by atoms with Gasteiger partial charge in [-0.3, -0.25) is 4.79 Å². The summed E-state index contributed by atoms with van der Waals surface area (Å²) in [6.07, 6.45) is 0. The van der Waals surface area contributed by atoms with Gasteiger partial charge in [-0.05, 0) is 53.2 Å². The van der Waals surface area contributed by atoms with Gasteiger partial charge in [-0.25, -0.2) is 0 Å². The molecule has 1 aromatic carbocycles. The number of anilines is 1. The minimum absolute atomic E-state index is 0.0162. The van der Waals surface area contributed by atoms with Crippen LogP contribution in [-0.2, 0) is 4.79 Å². The van der Waals surface area contributed by atoms with Crippen molar-refractivity contribution in [1.29, 1.82) is 0 Å². The van der Waals surface area contributed by atoms with Gasteiger partial charge in [-0.2, -0.15) is 0 Å². The summed E-state index contributed by atoms with van der Waals surface area (Å²) in [6.45, 7) is 11.9. The molecule has 0 bridgehead atoms. The minimum Gasteiger partial charge on any atom is -0.374 e. The van der Waals surface area contributed by atoms with Crippen LogP contribution in [0.5, 0.6) is 0 Å². The fourth-order valence-corrected chi connectivity index (χ4v) is 1.75. The van der Waals surface area contributed by atoms with Gasteiger partial charge in [0.1, 0.15) is 6.04 Å². The first kappa shape index (κ1) is 14.6. The molecule has 0 aromatic heterocycles. The van der Waals surface area contributed by atoms with Gasteiger partial charge in [-0.15, -0.1) is 0 Å². The van der Waals surface area contributed by atoms with Crippen molar-refractivity contribution < 1.29 is 4.79 Å². The molecule has 1 amide bonds. The zero-order valence-electron chi connectivity index (χ0n) is 12.2. The van der Waals surface area contributed by atoms with Crippen molar-refractivity contribution >= 4 is 11.6 Å². The molecule has 1 atom stereocenters. The van der Waals surface area contributed by atoms with E-state index in [1.165, 1.54) is 5.56 Å². The van der Waals surface area contributed by atoms with E-state index in [1.54, 1.807) is 0 Å². The first-order valence-electron chi connectivity index (χ1n) is 6.35. The van der Waals surface area contributed by atoms with E-state index < -0.39 is 0 Å². The fraction of sp³-hybridized carbons (Fsp3) is 0.533. The molecule has 1 aromatic rings. The third-order valence-electron chi connectivity index (χ3n) is 2.65. The van der Waals surface area contributed by atoms with Gasteiger partial charge in [-0.1, -0.05) is 17.7 Å². The Bertz CT molecular complexity index is 433. The molecule has 1 rings (SSSR count). The standard InChI is InChI=1S/C15H24N2O/c1-10-7-8-13(11(2)9-10)16-12(3)14(18)17-15(4,5)6/h7-9,12,16H,1-6H3,(H,17,18). The molecule has 0 saturated carbocycles. The average Bonchev–Trinajstić information content (AvgIpc) is 2.19. The van der Waals surface area contributed by atoms with E-state index in [9.17, 15) is 4.79 Å². The summed E-state index contributed by atoms with van der Waals surface area (Å²) >= 11 is 0. The molecule has 0 aliphatic rings.